The highest BCUT2D eigenvalue weighted by atomic mass is 14.7. The predicted molar refractivity (Wildman–Crippen MR) is 69.9 cm³/mol. The third-order valence-corrected chi connectivity index (χ3v) is 3.07. The van der Waals surface area contributed by atoms with Crippen molar-refractivity contribution in [2.24, 2.45) is 0 Å². The zero-order valence-electron chi connectivity index (χ0n) is 10.5. The Hall–Kier alpha value is -1.37. The summed E-state index contributed by atoms with van der Waals surface area (Å²) in [6, 6.07) is 8.69. The summed E-state index contributed by atoms with van der Waals surface area (Å²) >= 11 is 0. The summed E-state index contributed by atoms with van der Waals surface area (Å²) in [6.45, 7) is 8.88. The highest BCUT2D eigenvalue weighted by Gasteiger charge is 2.07. The summed E-state index contributed by atoms with van der Waals surface area (Å²) in [6.07, 6.45) is 2.00. The van der Waals surface area contributed by atoms with E-state index in [1.807, 2.05) is 6.20 Å². The van der Waals surface area contributed by atoms with Crippen LogP contribution in [0.2, 0.25) is 0 Å². The first-order chi connectivity index (χ1) is 7.59. The van der Waals surface area contributed by atoms with Crippen molar-refractivity contribution in [3.05, 3.63) is 41.6 Å². The third-order valence-electron chi connectivity index (χ3n) is 3.07. The van der Waals surface area contributed by atoms with Gasteiger partial charge >= 0.3 is 0 Å². The highest BCUT2D eigenvalue weighted by molar-refractivity contribution is 5.83. The van der Waals surface area contributed by atoms with Gasteiger partial charge in [-0.05, 0) is 35.1 Å². The molecule has 0 fully saturated rings. The molecule has 2 aromatic rings. The van der Waals surface area contributed by atoms with Crippen molar-refractivity contribution in [3.8, 4) is 0 Å². The lowest BCUT2D eigenvalue weighted by Gasteiger charge is -2.12. The largest absolute Gasteiger partial charge is 0.256 e. The van der Waals surface area contributed by atoms with Gasteiger partial charge in [0.15, 0.2) is 0 Å². The molecule has 0 aliphatic carbocycles. The van der Waals surface area contributed by atoms with E-state index in [-0.39, 0.29) is 0 Å². The number of hydrogen-bond acceptors (Lipinski definition) is 1. The molecule has 0 aliphatic heterocycles. The summed E-state index contributed by atoms with van der Waals surface area (Å²) in [4.78, 5) is 4.55. The van der Waals surface area contributed by atoms with Crippen molar-refractivity contribution in [3.63, 3.8) is 0 Å². The SMILES string of the molecule is CC(C)c1cnc2cccc(C(C)C)c2c1. The maximum atomic E-state index is 4.55. The van der Waals surface area contributed by atoms with E-state index in [0.29, 0.717) is 11.8 Å². The minimum Gasteiger partial charge on any atom is -0.256 e. The first kappa shape index (κ1) is 11.1. The van der Waals surface area contributed by atoms with E-state index >= 15 is 0 Å². The van der Waals surface area contributed by atoms with Gasteiger partial charge in [0.1, 0.15) is 0 Å². The van der Waals surface area contributed by atoms with Crippen LogP contribution in [0.15, 0.2) is 30.5 Å². The Labute approximate surface area is 97.5 Å². The average Bonchev–Trinajstić information content (AvgIpc) is 2.27. The van der Waals surface area contributed by atoms with Crippen LogP contribution < -0.4 is 0 Å². The summed E-state index contributed by atoms with van der Waals surface area (Å²) < 4.78 is 0. The third kappa shape index (κ3) is 1.95. The Kier molecular flexibility index (Phi) is 2.95. The van der Waals surface area contributed by atoms with Crippen molar-refractivity contribution in [2.75, 3.05) is 0 Å². The van der Waals surface area contributed by atoms with Crippen LogP contribution in [0.4, 0.5) is 0 Å². The predicted octanol–water partition coefficient (Wildman–Crippen LogP) is 4.48. The van der Waals surface area contributed by atoms with Crippen LogP contribution in [0.3, 0.4) is 0 Å². The topological polar surface area (TPSA) is 12.9 Å². The van der Waals surface area contributed by atoms with Crippen molar-refractivity contribution < 1.29 is 0 Å². The number of benzene rings is 1. The summed E-state index contributed by atoms with van der Waals surface area (Å²) in [5.74, 6) is 1.09. The van der Waals surface area contributed by atoms with Gasteiger partial charge in [0.05, 0.1) is 5.52 Å². The quantitative estimate of drug-likeness (QED) is 0.716. The first-order valence-corrected chi connectivity index (χ1v) is 5.98. The van der Waals surface area contributed by atoms with E-state index < -0.39 is 0 Å². The van der Waals surface area contributed by atoms with E-state index in [0.717, 1.165) is 5.52 Å². The Morgan fingerprint density at radius 1 is 1.00 bits per heavy atom. The fraction of sp³-hybridized carbons (Fsp3) is 0.400. The second kappa shape index (κ2) is 4.25. The Bertz CT molecular complexity index is 498. The van der Waals surface area contributed by atoms with Crippen molar-refractivity contribution >= 4 is 10.9 Å². The van der Waals surface area contributed by atoms with E-state index in [1.165, 1.54) is 16.5 Å². The van der Waals surface area contributed by atoms with E-state index in [4.69, 9.17) is 0 Å². The maximum absolute atomic E-state index is 4.55. The Balaban J connectivity index is 2.68. The fourth-order valence-corrected chi connectivity index (χ4v) is 2.01. The van der Waals surface area contributed by atoms with Crippen LogP contribution in [0.5, 0.6) is 0 Å². The molecule has 0 spiro atoms. The van der Waals surface area contributed by atoms with Gasteiger partial charge in [-0.15, -0.1) is 0 Å². The number of pyridine rings is 1. The van der Waals surface area contributed by atoms with Crippen molar-refractivity contribution in [2.45, 2.75) is 39.5 Å². The highest BCUT2D eigenvalue weighted by Crippen LogP contribution is 2.26. The van der Waals surface area contributed by atoms with Gasteiger partial charge in [-0.1, -0.05) is 39.8 Å². The van der Waals surface area contributed by atoms with Gasteiger partial charge in [-0.3, -0.25) is 4.98 Å². The number of nitrogens with zero attached hydrogens (tertiary/aromatic N) is 1. The van der Waals surface area contributed by atoms with Gasteiger partial charge in [0, 0.05) is 11.6 Å². The fourth-order valence-electron chi connectivity index (χ4n) is 2.01. The molecule has 0 aliphatic rings. The Morgan fingerprint density at radius 3 is 2.38 bits per heavy atom. The molecule has 1 heteroatoms. The minimum absolute atomic E-state index is 0.539. The molecule has 1 nitrogen and oxygen atoms in total. The smallest absolute Gasteiger partial charge is 0.0705 e. The maximum Gasteiger partial charge on any atom is 0.0705 e. The van der Waals surface area contributed by atoms with E-state index in [2.05, 4.69) is 56.9 Å². The molecule has 1 heterocycles. The molecule has 2 rings (SSSR count). The van der Waals surface area contributed by atoms with Gasteiger partial charge in [-0.2, -0.15) is 0 Å². The molecule has 1 aromatic carbocycles. The molecule has 0 saturated heterocycles. The molecule has 0 atom stereocenters. The van der Waals surface area contributed by atoms with Gasteiger partial charge in [0.2, 0.25) is 0 Å². The summed E-state index contributed by atoms with van der Waals surface area (Å²) in [7, 11) is 0. The molecule has 84 valence electrons. The Morgan fingerprint density at radius 2 is 1.75 bits per heavy atom. The lowest BCUT2D eigenvalue weighted by atomic mass is 9.95. The number of hydrogen-bond donors (Lipinski definition) is 0. The number of rotatable bonds is 2. The molecule has 0 saturated carbocycles. The first-order valence-electron chi connectivity index (χ1n) is 5.98. The van der Waals surface area contributed by atoms with Gasteiger partial charge < -0.3 is 0 Å². The summed E-state index contributed by atoms with van der Waals surface area (Å²) in [5, 5.41) is 1.31. The minimum atomic E-state index is 0.539. The van der Waals surface area contributed by atoms with Gasteiger partial charge in [-0.25, -0.2) is 0 Å². The second-order valence-electron chi connectivity index (χ2n) is 4.99. The molecule has 0 bridgehead atoms. The monoisotopic (exact) mass is 213 g/mol. The normalized spacial score (nSPS) is 11.6. The van der Waals surface area contributed by atoms with Crippen LogP contribution in [-0.4, -0.2) is 4.98 Å². The van der Waals surface area contributed by atoms with Crippen LogP contribution in [0.25, 0.3) is 10.9 Å². The lowest BCUT2D eigenvalue weighted by molar-refractivity contribution is 0.856. The lowest BCUT2D eigenvalue weighted by Crippen LogP contribution is -1.94. The van der Waals surface area contributed by atoms with Crippen molar-refractivity contribution in [1.29, 1.82) is 0 Å². The van der Waals surface area contributed by atoms with Crippen molar-refractivity contribution in [1.82, 2.24) is 4.98 Å². The van der Waals surface area contributed by atoms with Crippen LogP contribution in [-0.2, 0) is 0 Å². The molecule has 1 aromatic heterocycles. The number of aromatic nitrogens is 1. The van der Waals surface area contributed by atoms with Crippen LogP contribution >= 0.6 is 0 Å². The molecular weight excluding hydrogens is 194 g/mol. The second-order valence-corrected chi connectivity index (χ2v) is 4.99. The molecule has 0 radical (unpaired) electrons. The standard InChI is InChI=1S/C15H19N/c1-10(2)12-8-14-13(11(3)4)6-5-7-15(14)16-9-12/h5-11H,1-4H3. The molecule has 0 unspecified atom stereocenters. The zero-order chi connectivity index (χ0) is 11.7. The molecule has 0 N–H and O–H groups in total. The van der Waals surface area contributed by atoms with E-state index in [9.17, 15) is 0 Å². The van der Waals surface area contributed by atoms with E-state index in [1.54, 1.807) is 0 Å². The van der Waals surface area contributed by atoms with Crippen LogP contribution in [0, 0.1) is 0 Å². The summed E-state index contributed by atoms with van der Waals surface area (Å²) in [5.41, 5.74) is 3.82. The van der Waals surface area contributed by atoms with Crippen LogP contribution in [0.1, 0.15) is 50.7 Å². The molecular formula is C15H19N. The average molecular weight is 213 g/mol. The molecule has 16 heavy (non-hydrogen) atoms. The number of fused-ring (bicyclic) bond motifs is 1. The molecule has 0 amide bonds. The van der Waals surface area contributed by atoms with Gasteiger partial charge in [0.25, 0.3) is 0 Å². The zero-order valence-corrected chi connectivity index (χ0v) is 10.5.